The number of hydrogen-bond acceptors (Lipinski definition) is 4. The van der Waals surface area contributed by atoms with Crippen molar-refractivity contribution in [3.63, 3.8) is 0 Å². The zero-order valence-electron chi connectivity index (χ0n) is 15.7. The zero-order valence-corrected chi connectivity index (χ0v) is 15.7. The van der Waals surface area contributed by atoms with E-state index in [1.807, 2.05) is 49.4 Å². The Morgan fingerprint density at radius 2 is 1.58 bits per heavy atom. The molecule has 2 aromatic carbocycles. The predicted octanol–water partition coefficient (Wildman–Crippen LogP) is 3.61. The summed E-state index contributed by atoms with van der Waals surface area (Å²) in [6.07, 6.45) is 1.71. The summed E-state index contributed by atoms with van der Waals surface area (Å²) in [5, 5.41) is 2.95. The van der Waals surface area contributed by atoms with Crippen LogP contribution in [0.25, 0.3) is 0 Å². The van der Waals surface area contributed by atoms with E-state index in [9.17, 15) is 4.79 Å². The number of nitrogens with one attached hydrogen (secondary N) is 1. The Hall–Kier alpha value is -2.69. The van der Waals surface area contributed by atoms with Crippen LogP contribution in [0.4, 0.5) is 0 Å². The van der Waals surface area contributed by atoms with E-state index >= 15 is 0 Å². The van der Waals surface area contributed by atoms with Gasteiger partial charge in [0.25, 0.3) is 5.91 Å². The second kappa shape index (κ2) is 10.3. The van der Waals surface area contributed by atoms with Crippen LogP contribution in [0, 0.1) is 0 Å². The highest BCUT2D eigenvalue weighted by Crippen LogP contribution is 2.27. The summed E-state index contributed by atoms with van der Waals surface area (Å²) >= 11 is 0. The molecule has 1 amide bonds. The highest BCUT2D eigenvalue weighted by molar-refractivity contribution is 5.81. The van der Waals surface area contributed by atoms with E-state index in [1.165, 1.54) is 0 Å². The number of para-hydroxylation sites is 3. The van der Waals surface area contributed by atoms with Gasteiger partial charge in [0.2, 0.25) is 0 Å². The maximum atomic E-state index is 12.4. The fraction of sp³-hybridized carbons (Fsp3) is 0.381. The minimum atomic E-state index is -0.544. The SMILES string of the molecule is CC[C@@H](Oc1ccccc1OC)C(=O)NCCCc1ccccc1OC. The van der Waals surface area contributed by atoms with E-state index in [1.54, 1.807) is 20.3 Å². The van der Waals surface area contributed by atoms with Crippen LogP contribution in [0.3, 0.4) is 0 Å². The molecule has 0 unspecified atom stereocenters. The number of methoxy groups -OCH3 is 2. The van der Waals surface area contributed by atoms with Crippen LogP contribution in [0.1, 0.15) is 25.3 Å². The second-order valence-corrected chi connectivity index (χ2v) is 5.87. The van der Waals surface area contributed by atoms with Gasteiger partial charge in [0.1, 0.15) is 5.75 Å². The molecule has 0 aliphatic rings. The van der Waals surface area contributed by atoms with Gasteiger partial charge < -0.3 is 19.5 Å². The standard InChI is InChI=1S/C21H27NO4/c1-4-17(26-20-14-8-7-13-19(20)25-3)21(23)22-15-9-11-16-10-5-6-12-18(16)24-2/h5-8,10,12-14,17H,4,9,11,15H2,1-3H3,(H,22,23)/t17-/m1/s1. The number of benzene rings is 2. The number of carbonyl (C=O) groups is 1. The third-order valence-corrected chi connectivity index (χ3v) is 4.12. The summed E-state index contributed by atoms with van der Waals surface area (Å²) in [6, 6.07) is 15.3. The van der Waals surface area contributed by atoms with Gasteiger partial charge >= 0.3 is 0 Å². The average Bonchev–Trinajstić information content (AvgIpc) is 2.69. The quantitative estimate of drug-likeness (QED) is 0.660. The normalized spacial score (nSPS) is 11.5. The molecule has 0 bridgehead atoms. The maximum absolute atomic E-state index is 12.4. The molecule has 0 saturated carbocycles. The van der Waals surface area contributed by atoms with Crippen LogP contribution in [0.15, 0.2) is 48.5 Å². The lowest BCUT2D eigenvalue weighted by molar-refractivity contribution is -0.128. The van der Waals surface area contributed by atoms with Crippen molar-refractivity contribution in [2.24, 2.45) is 0 Å². The van der Waals surface area contributed by atoms with Crippen molar-refractivity contribution in [2.75, 3.05) is 20.8 Å². The Bertz CT molecular complexity index is 702. The highest BCUT2D eigenvalue weighted by atomic mass is 16.5. The first kappa shape index (κ1) is 19.6. The van der Waals surface area contributed by atoms with E-state index in [-0.39, 0.29) is 5.91 Å². The van der Waals surface area contributed by atoms with Crippen molar-refractivity contribution in [1.82, 2.24) is 5.32 Å². The highest BCUT2D eigenvalue weighted by Gasteiger charge is 2.19. The Morgan fingerprint density at radius 1 is 0.962 bits per heavy atom. The van der Waals surface area contributed by atoms with Gasteiger partial charge in [0.05, 0.1) is 14.2 Å². The molecule has 0 heterocycles. The van der Waals surface area contributed by atoms with Gasteiger partial charge in [-0.15, -0.1) is 0 Å². The molecule has 2 aromatic rings. The Balaban J connectivity index is 1.83. The lowest BCUT2D eigenvalue weighted by Gasteiger charge is -2.19. The molecule has 5 nitrogen and oxygen atoms in total. The van der Waals surface area contributed by atoms with Crippen molar-refractivity contribution >= 4 is 5.91 Å². The summed E-state index contributed by atoms with van der Waals surface area (Å²) in [4.78, 5) is 12.4. The number of ether oxygens (including phenoxy) is 3. The van der Waals surface area contributed by atoms with E-state index in [4.69, 9.17) is 14.2 Å². The molecule has 0 spiro atoms. The van der Waals surface area contributed by atoms with Gasteiger partial charge in [-0.25, -0.2) is 0 Å². The van der Waals surface area contributed by atoms with Gasteiger partial charge in [-0.3, -0.25) is 4.79 Å². The van der Waals surface area contributed by atoms with Crippen molar-refractivity contribution < 1.29 is 19.0 Å². The molecule has 0 aliphatic heterocycles. The molecule has 0 aliphatic carbocycles. The van der Waals surface area contributed by atoms with Crippen LogP contribution in [-0.4, -0.2) is 32.8 Å². The topological polar surface area (TPSA) is 56.8 Å². The smallest absolute Gasteiger partial charge is 0.261 e. The summed E-state index contributed by atoms with van der Waals surface area (Å²) in [5.74, 6) is 1.96. The summed E-state index contributed by atoms with van der Waals surface area (Å²) in [7, 11) is 3.25. The maximum Gasteiger partial charge on any atom is 0.261 e. The van der Waals surface area contributed by atoms with E-state index in [0.29, 0.717) is 24.5 Å². The fourth-order valence-corrected chi connectivity index (χ4v) is 2.71. The van der Waals surface area contributed by atoms with Gasteiger partial charge in [0, 0.05) is 6.54 Å². The third-order valence-electron chi connectivity index (χ3n) is 4.12. The Kier molecular flexibility index (Phi) is 7.80. The first-order chi connectivity index (χ1) is 12.7. The third kappa shape index (κ3) is 5.41. The molecule has 5 heteroatoms. The molecule has 0 radical (unpaired) electrons. The molecule has 26 heavy (non-hydrogen) atoms. The van der Waals surface area contributed by atoms with E-state index < -0.39 is 6.10 Å². The molecule has 0 saturated heterocycles. The molecule has 0 fully saturated rings. The number of aryl methyl sites for hydroxylation is 1. The Labute approximate surface area is 155 Å². The lowest BCUT2D eigenvalue weighted by atomic mass is 10.1. The zero-order chi connectivity index (χ0) is 18.8. The molecule has 140 valence electrons. The van der Waals surface area contributed by atoms with Crippen LogP contribution < -0.4 is 19.5 Å². The number of rotatable bonds is 10. The molecule has 1 N–H and O–H groups in total. The van der Waals surface area contributed by atoms with E-state index in [2.05, 4.69) is 5.32 Å². The number of carbonyl (C=O) groups excluding carboxylic acids is 1. The van der Waals surface area contributed by atoms with E-state index in [0.717, 1.165) is 24.2 Å². The summed E-state index contributed by atoms with van der Waals surface area (Å²) in [6.45, 7) is 2.51. The molecular weight excluding hydrogens is 330 g/mol. The predicted molar refractivity (Wildman–Crippen MR) is 102 cm³/mol. The first-order valence-corrected chi connectivity index (χ1v) is 8.88. The largest absolute Gasteiger partial charge is 0.496 e. The van der Waals surface area contributed by atoms with Crippen molar-refractivity contribution in [1.29, 1.82) is 0 Å². The van der Waals surface area contributed by atoms with Crippen molar-refractivity contribution in [2.45, 2.75) is 32.3 Å². The van der Waals surface area contributed by atoms with Gasteiger partial charge in [0.15, 0.2) is 17.6 Å². The number of amides is 1. The van der Waals surface area contributed by atoms with Crippen LogP contribution in [0.2, 0.25) is 0 Å². The van der Waals surface area contributed by atoms with Gasteiger partial charge in [-0.05, 0) is 43.0 Å². The average molecular weight is 357 g/mol. The molecule has 2 rings (SSSR count). The van der Waals surface area contributed by atoms with Crippen LogP contribution in [-0.2, 0) is 11.2 Å². The first-order valence-electron chi connectivity index (χ1n) is 8.88. The minimum absolute atomic E-state index is 0.113. The van der Waals surface area contributed by atoms with Crippen molar-refractivity contribution in [3.05, 3.63) is 54.1 Å². The molecular formula is C21H27NO4. The van der Waals surface area contributed by atoms with Gasteiger partial charge in [-0.1, -0.05) is 37.3 Å². The van der Waals surface area contributed by atoms with Crippen molar-refractivity contribution in [3.8, 4) is 17.2 Å². The van der Waals surface area contributed by atoms with Gasteiger partial charge in [-0.2, -0.15) is 0 Å². The molecule has 0 aromatic heterocycles. The number of hydrogen-bond donors (Lipinski definition) is 1. The second-order valence-electron chi connectivity index (χ2n) is 5.87. The summed E-state index contributed by atoms with van der Waals surface area (Å²) in [5.41, 5.74) is 1.14. The minimum Gasteiger partial charge on any atom is -0.496 e. The Morgan fingerprint density at radius 3 is 2.23 bits per heavy atom. The monoisotopic (exact) mass is 357 g/mol. The molecule has 1 atom stereocenters. The fourth-order valence-electron chi connectivity index (χ4n) is 2.71. The lowest BCUT2D eigenvalue weighted by Crippen LogP contribution is -2.38. The van der Waals surface area contributed by atoms with Crippen LogP contribution in [0.5, 0.6) is 17.2 Å². The van der Waals surface area contributed by atoms with Crippen LogP contribution >= 0.6 is 0 Å². The summed E-state index contributed by atoms with van der Waals surface area (Å²) < 4.78 is 16.5.